The summed E-state index contributed by atoms with van der Waals surface area (Å²) >= 11 is 0. The number of anilines is 1. The summed E-state index contributed by atoms with van der Waals surface area (Å²) in [6.45, 7) is 3.97. The highest BCUT2D eigenvalue weighted by Crippen LogP contribution is 2.43. The van der Waals surface area contributed by atoms with Gasteiger partial charge in [-0.1, -0.05) is 30.3 Å². The Balaban J connectivity index is 1.30. The van der Waals surface area contributed by atoms with E-state index in [0.29, 0.717) is 24.6 Å². The van der Waals surface area contributed by atoms with Crippen molar-refractivity contribution in [3.63, 3.8) is 0 Å². The molecule has 5 rings (SSSR count). The Kier molecular flexibility index (Phi) is 13.3. The van der Waals surface area contributed by atoms with E-state index < -0.39 is 29.9 Å². The number of alkyl halides is 5. The first-order valence-corrected chi connectivity index (χ1v) is 18.4. The number of halogens is 5. The Labute approximate surface area is 316 Å². The molecule has 3 amide bonds. The lowest BCUT2D eigenvalue weighted by atomic mass is 9.80. The van der Waals surface area contributed by atoms with Gasteiger partial charge in [0.15, 0.2) is 5.82 Å². The zero-order valence-electron chi connectivity index (χ0n) is 31.2. The lowest BCUT2D eigenvalue weighted by Gasteiger charge is -2.28. The first-order valence-electron chi connectivity index (χ1n) is 18.4. The Bertz CT molecular complexity index is 1950. The minimum atomic E-state index is -5.85. The molecular formula is C40H48F5N7O3. The normalized spacial score (nSPS) is 16.9. The topological polar surface area (TPSA) is 145 Å². The third-order valence-corrected chi connectivity index (χ3v) is 10.1. The van der Waals surface area contributed by atoms with E-state index in [-0.39, 0.29) is 47.3 Å². The number of hydrogen-bond acceptors (Lipinski definition) is 6. The Morgan fingerprint density at radius 3 is 2.27 bits per heavy atom. The molecule has 55 heavy (non-hydrogen) atoms. The van der Waals surface area contributed by atoms with Gasteiger partial charge in [0.05, 0.1) is 11.0 Å². The number of fused-ring (bicyclic) bond motifs is 1. The van der Waals surface area contributed by atoms with Crippen molar-refractivity contribution in [3.05, 3.63) is 83.2 Å². The van der Waals surface area contributed by atoms with Gasteiger partial charge in [-0.05, 0) is 131 Å². The largest absolute Gasteiger partial charge is 0.461 e. The van der Waals surface area contributed by atoms with Crippen molar-refractivity contribution >= 4 is 34.4 Å². The van der Waals surface area contributed by atoms with E-state index in [1.807, 2.05) is 62.4 Å². The van der Waals surface area contributed by atoms with Gasteiger partial charge < -0.3 is 31.6 Å². The molecule has 1 aliphatic carbocycles. The summed E-state index contributed by atoms with van der Waals surface area (Å²) in [5.41, 5.74) is 9.67. The molecule has 6 N–H and O–H groups in total. The van der Waals surface area contributed by atoms with Gasteiger partial charge in [-0.25, -0.2) is 4.98 Å². The summed E-state index contributed by atoms with van der Waals surface area (Å²) in [5, 5.41) is 8.49. The van der Waals surface area contributed by atoms with Gasteiger partial charge in [-0.2, -0.15) is 22.0 Å². The predicted molar refractivity (Wildman–Crippen MR) is 202 cm³/mol. The second-order valence-corrected chi connectivity index (χ2v) is 14.7. The van der Waals surface area contributed by atoms with Crippen LogP contribution in [0.5, 0.6) is 0 Å². The van der Waals surface area contributed by atoms with Crippen LogP contribution in [0.3, 0.4) is 0 Å². The van der Waals surface area contributed by atoms with Crippen LogP contribution < -0.4 is 21.7 Å². The molecule has 3 aromatic carbocycles. The number of H-pyrrole nitrogens is 1. The first-order chi connectivity index (χ1) is 26.0. The maximum atomic E-state index is 14.0. The smallest absolute Gasteiger partial charge is 0.352 e. The van der Waals surface area contributed by atoms with Crippen molar-refractivity contribution in [2.24, 2.45) is 17.6 Å². The van der Waals surface area contributed by atoms with Crippen molar-refractivity contribution in [1.82, 2.24) is 25.5 Å². The Morgan fingerprint density at radius 2 is 1.64 bits per heavy atom. The predicted octanol–water partition coefficient (Wildman–Crippen LogP) is 6.70. The number of aromatic nitrogens is 2. The van der Waals surface area contributed by atoms with Crippen molar-refractivity contribution in [2.45, 2.75) is 70.0 Å². The maximum Gasteiger partial charge on any atom is 0.461 e. The molecule has 1 heterocycles. The lowest BCUT2D eigenvalue weighted by molar-refractivity contribution is -0.292. The van der Waals surface area contributed by atoms with Crippen LogP contribution in [0.15, 0.2) is 60.7 Å². The molecule has 4 aromatic rings. The van der Waals surface area contributed by atoms with E-state index in [0.717, 1.165) is 60.9 Å². The van der Waals surface area contributed by atoms with E-state index in [1.54, 1.807) is 6.07 Å². The van der Waals surface area contributed by atoms with Crippen molar-refractivity contribution in [1.29, 1.82) is 0 Å². The first kappa shape index (κ1) is 41.3. The van der Waals surface area contributed by atoms with Crippen LogP contribution >= 0.6 is 0 Å². The molecule has 1 saturated carbocycles. The van der Waals surface area contributed by atoms with Crippen LogP contribution in [0.4, 0.5) is 27.6 Å². The fraction of sp³-hybridized carbons (Fsp3) is 0.450. The number of amides is 3. The van der Waals surface area contributed by atoms with Crippen LogP contribution in [0.1, 0.15) is 65.8 Å². The van der Waals surface area contributed by atoms with E-state index in [2.05, 4.69) is 25.8 Å². The van der Waals surface area contributed by atoms with Crippen LogP contribution in [0, 0.1) is 18.8 Å². The highest BCUT2D eigenvalue weighted by molar-refractivity contribution is 5.99. The van der Waals surface area contributed by atoms with E-state index in [4.69, 9.17) is 5.73 Å². The number of aromatic amines is 1. The molecule has 10 nitrogen and oxygen atoms in total. The molecule has 1 fully saturated rings. The van der Waals surface area contributed by atoms with Crippen LogP contribution in [0.25, 0.3) is 22.2 Å². The standard InChI is InChI=1S/C40H48F5N7O3/c1-24-19-29(36(54)47-17-4-18-52(2)3)13-15-31(24)28-11-9-25(10-12-28)20-34(49-35(53)21-26-5-7-27(23-46)8-6-26)37(55)48-30-14-16-32-33(22-30)51-38(50-32)39(41,42)40(43,44)45/h9-16,19,22,26-27,34H,4-8,17-18,20-21,23,46H2,1-3H3,(H,47,54)(H,48,55)(H,49,53)(H,50,51)/t26?,27?,34-/m0/s1. The molecular weight excluding hydrogens is 721 g/mol. The number of nitrogens with one attached hydrogen (secondary N) is 4. The highest BCUT2D eigenvalue weighted by atomic mass is 19.4. The molecule has 0 spiro atoms. The van der Waals surface area contributed by atoms with Gasteiger partial charge in [-0.15, -0.1) is 0 Å². The number of aryl methyl sites for hydroxylation is 1. The summed E-state index contributed by atoms with van der Waals surface area (Å²) < 4.78 is 66.8. The zero-order valence-corrected chi connectivity index (χ0v) is 31.2. The molecule has 0 aliphatic heterocycles. The minimum absolute atomic E-state index is 0.109. The summed E-state index contributed by atoms with van der Waals surface area (Å²) in [4.78, 5) is 47.2. The highest BCUT2D eigenvalue weighted by Gasteiger charge is 2.61. The monoisotopic (exact) mass is 769 g/mol. The molecule has 1 atom stereocenters. The van der Waals surface area contributed by atoms with Crippen LogP contribution in [-0.2, 0) is 21.9 Å². The summed E-state index contributed by atoms with van der Waals surface area (Å²) in [6.07, 6.45) is -1.09. The van der Waals surface area contributed by atoms with Crippen molar-refractivity contribution in [2.75, 3.05) is 39.0 Å². The molecule has 0 unspecified atom stereocenters. The minimum Gasteiger partial charge on any atom is -0.352 e. The number of hydrogen-bond donors (Lipinski definition) is 5. The molecule has 1 aliphatic rings. The van der Waals surface area contributed by atoms with Gasteiger partial charge >= 0.3 is 12.1 Å². The molecule has 296 valence electrons. The van der Waals surface area contributed by atoms with Gasteiger partial charge in [0.25, 0.3) is 5.91 Å². The number of imidazole rings is 1. The summed E-state index contributed by atoms with van der Waals surface area (Å²) in [6, 6.07) is 15.7. The molecule has 0 bridgehead atoms. The number of benzene rings is 3. The number of carbonyl (C=O) groups excluding carboxylic acids is 3. The van der Waals surface area contributed by atoms with Crippen LogP contribution in [-0.4, -0.2) is 78.5 Å². The van der Waals surface area contributed by atoms with Crippen molar-refractivity contribution in [3.8, 4) is 11.1 Å². The molecule has 15 heteroatoms. The third kappa shape index (κ3) is 10.7. The average Bonchev–Trinajstić information content (AvgIpc) is 3.57. The molecule has 0 radical (unpaired) electrons. The summed E-state index contributed by atoms with van der Waals surface area (Å²) in [7, 11) is 3.96. The van der Waals surface area contributed by atoms with E-state index in [1.165, 1.54) is 18.2 Å². The number of nitrogens with two attached hydrogens (primary N) is 1. The van der Waals surface area contributed by atoms with E-state index in [9.17, 15) is 36.3 Å². The average molecular weight is 770 g/mol. The fourth-order valence-electron chi connectivity index (χ4n) is 6.88. The van der Waals surface area contributed by atoms with Gasteiger partial charge in [0, 0.05) is 30.6 Å². The SMILES string of the molecule is Cc1cc(C(=O)NCCCN(C)C)ccc1-c1ccc(C[C@H](NC(=O)CC2CCC(CN)CC2)C(=O)Nc2ccc3nc(C(F)(F)C(F)(F)F)[nH]c3c2)cc1. The maximum absolute atomic E-state index is 14.0. The van der Waals surface area contributed by atoms with Crippen LogP contribution in [0.2, 0.25) is 0 Å². The number of rotatable bonds is 15. The third-order valence-electron chi connectivity index (χ3n) is 10.1. The Morgan fingerprint density at radius 1 is 0.945 bits per heavy atom. The van der Waals surface area contributed by atoms with Gasteiger partial charge in [-0.3, -0.25) is 14.4 Å². The van der Waals surface area contributed by atoms with Crippen molar-refractivity contribution < 1.29 is 36.3 Å². The Hall–Kier alpha value is -4.89. The number of nitrogens with zero attached hydrogens (tertiary/aromatic N) is 2. The second-order valence-electron chi connectivity index (χ2n) is 14.7. The number of carbonyl (C=O) groups is 3. The zero-order chi connectivity index (χ0) is 39.9. The molecule has 1 aromatic heterocycles. The fourth-order valence-corrected chi connectivity index (χ4v) is 6.88. The quantitative estimate of drug-likeness (QED) is 0.0673. The second kappa shape index (κ2) is 17.7. The molecule has 0 saturated heterocycles. The van der Waals surface area contributed by atoms with E-state index >= 15 is 0 Å². The lowest BCUT2D eigenvalue weighted by Crippen LogP contribution is -2.45. The van der Waals surface area contributed by atoms with Gasteiger partial charge in [0.2, 0.25) is 11.8 Å². The van der Waals surface area contributed by atoms with Gasteiger partial charge in [0.1, 0.15) is 6.04 Å². The summed E-state index contributed by atoms with van der Waals surface area (Å²) in [5.74, 6) is -7.21.